The molecule has 3 N–H and O–H groups in total. The van der Waals surface area contributed by atoms with Crippen LogP contribution in [0.15, 0.2) is 29.3 Å². The molecule has 1 aliphatic rings. The number of nitrogens with zero attached hydrogens (tertiary/aromatic N) is 2. The van der Waals surface area contributed by atoms with Crippen LogP contribution in [-0.2, 0) is 10.2 Å². The lowest BCUT2D eigenvalue weighted by Gasteiger charge is -2.30. The van der Waals surface area contributed by atoms with Crippen LogP contribution in [0.2, 0.25) is 0 Å². The first kappa shape index (κ1) is 25.1. The molecule has 1 saturated heterocycles. The van der Waals surface area contributed by atoms with Gasteiger partial charge in [-0.05, 0) is 30.5 Å². The van der Waals surface area contributed by atoms with E-state index in [0.29, 0.717) is 19.0 Å². The number of aliphatic hydroxyl groups excluding tert-OH is 1. The maximum atomic E-state index is 10.5. The minimum atomic E-state index is -0.619. The van der Waals surface area contributed by atoms with Crippen molar-refractivity contribution in [3.05, 3.63) is 35.4 Å². The first-order valence-electron chi connectivity index (χ1n) is 9.90. The molecule has 160 valence electrons. The molecule has 2 unspecified atom stereocenters. The summed E-state index contributed by atoms with van der Waals surface area (Å²) in [4.78, 5) is 6.81. The van der Waals surface area contributed by atoms with Gasteiger partial charge in [0.1, 0.15) is 0 Å². The molecule has 7 heteroatoms. The summed E-state index contributed by atoms with van der Waals surface area (Å²) in [5.41, 5.74) is 2.26. The highest BCUT2D eigenvalue weighted by Crippen LogP contribution is 2.24. The van der Waals surface area contributed by atoms with Crippen LogP contribution in [0.3, 0.4) is 0 Å². The molecule has 2 rings (SSSR count). The molecule has 0 aliphatic carbocycles. The number of rotatable bonds is 6. The fraction of sp³-hybridized carbons (Fsp3) is 0.667. The number of ether oxygens (including phenoxy) is 1. The van der Waals surface area contributed by atoms with Crippen LogP contribution in [0.1, 0.15) is 44.9 Å². The third-order valence-corrected chi connectivity index (χ3v) is 4.77. The quantitative estimate of drug-likeness (QED) is 0.316. The van der Waals surface area contributed by atoms with Crippen molar-refractivity contribution in [2.24, 2.45) is 4.99 Å². The van der Waals surface area contributed by atoms with Gasteiger partial charge in [-0.3, -0.25) is 4.99 Å². The number of hydrogen-bond donors (Lipinski definition) is 3. The second-order valence-electron chi connectivity index (χ2n) is 8.24. The van der Waals surface area contributed by atoms with E-state index >= 15 is 0 Å². The molecule has 1 aromatic carbocycles. The number of benzene rings is 1. The van der Waals surface area contributed by atoms with E-state index in [-0.39, 0.29) is 35.5 Å². The van der Waals surface area contributed by atoms with E-state index in [4.69, 9.17) is 4.74 Å². The van der Waals surface area contributed by atoms with Gasteiger partial charge in [-0.2, -0.15) is 0 Å². The molecule has 6 nitrogen and oxygen atoms in total. The van der Waals surface area contributed by atoms with Crippen LogP contribution in [0.4, 0.5) is 0 Å². The highest BCUT2D eigenvalue weighted by molar-refractivity contribution is 14.0. The van der Waals surface area contributed by atoms with Gasteiger partial charge in [-0.1, -0.05) is 45.0 Å². The van der Waals surface area contributed by atoms with Gasteiger partial charge in [0, 0.05) is 26.2 Å². The Morgan fingerprint density at radius 2 is 1.96 bits per heavy atom. The number of aliphatic hydroxyl groups is 1. The molecule has 0 saturated carbocycles. The highest BCUT2D eigenvalue weighted by Gasteiger charge is 2.18. The summed E-state index contributed by atoms with van der Waals surface area (Å²) < 4.78 is 5.77. The van der Waals surface area contributed by atoms with Gasteiger partial charge in [0.15, 0.2) is 5.96 Å². The third kappa shape index (κ3) is 8.23. The molecule has 0 amide bonds. The van der Waals surface area contributed by atoms with E-state index in [1.165, 1.54) is 5.56 Å². The van der Waals surface area contributed by atoms with Crippen molar-refractivity contribution in [2.45, 2.75) is 45.3 Å². The largest absolute Gasteiger partial charge is 0.386 e. The SMILES string of the molecule is CCNC(=NCC(O)c1ccc(C(C)(C)C)cc1)NCC1CN(C)CCO1.I. The lowest BCUT2D eigenvalue weighted by Crippen LogP contribution is -2.48. The Morgan fingerprint density at radius 1 is 1.29 bits per heavy atom. The average molecular weight is 504 g/mol. The standard InChI is InChI=1S/C21H36N4O2.HI/c1-6-22-20(23-13-18-15-25(5)11-12-27-18)24-14-19(26)16-7-9-17(10-8-16)21(2,3)4;/h7-10,18-19,26H,6,11-15H2,1-5H3,(H2,22,23,24);1H. The monoisotopic (exact) mass is 504 g/mol. The Balaban J connectivity index is 0.00000392. The fourth-order valence-electron chi connectivity index (χ4n) is 3.03. The highest BCUT2D eigenvalue weighted by atomic mass is 127. The number of likely N-dealkylation sites (N-methyl/N-ethyl adjacent to an activating group) is 1. The van der Waals surface area contributed by atoms with Gasteiger partial charge in [-0.15, -0.1) is 24.0 Å². The lowest BCUT2D eigenvalue weighted by atomic mass is 9.86. The molecule has 1 heterocycles. The molecule has 28 heavy (non-hydrogen) atoms. The van der Waals surface area contributed by atoms with Gasteiger partial charge in [0.05, 0.1) is 25.4 Å². The van der Waals surface area contributed by atoms with Gasteiger partial charge < -0.3 is 25.4 Å². The zero-order chi connectivity index (χ0) is 19.9. The molecule has 0 aromatic heterocycles. The van der Waals surface area contributed by atoms with Crippen LogP contribution in [-0.4, -0.2) is 68.4 Å². The van der Waals surface area contributed by atoms with Crippen molar-refractivity contribution in [3.63, 3.8) is 0 Å². The first-order valence-corrected chi connectivity index (χ1v) is 9.90. The summed E-state index contributed by atoms with van der Waals surface area (Å²) in [5, 5.41) is 17.0. The van der Waals surface area contributed by atoms with Crippen LogP contribution in [0.5, 0.6) is 0 Å². The Hall–Kier alpha value is -0.900. The van der Waals surface area contributed by atoms with Crippen molar-refractivity contribution in [2.75, 3.05) is 46.4 Å². The maximum absolute atomic E-state index is 10.5. The van der Waals surface area contributed by atoms with E-state index in [0.717, 1.165) is 31.8 Å². The Labute approximate surface area is 187 Å². The molecule has 0 radical (unpaired) electrons. The van der Waals surface area contributed by atoms with Crippen LogP contribution in [0, 0.1) is 0 Å². The van der Waals surface area contributed by atoms with Crippen LogP contribution >= 0.6 is 24.0 Å². The van der Waals surface area contributed by atoms with E-state index < -0.39 is 6.10 Å². The van der Waals surface area contributed by atoms with E-state index in [1.54, 1.807) is 0 Å². The number of aliphatic imine (C=N–C) groups is 1. The summed E-state index contributed by atoms with van der Waals surface area (Å²) in [6.45, 7) is 13.0. The summed E-state index contributed by atoms with van der Waals surface area (Å²) in [7, 11) is 2.11. The average Bonchev–Trinajstić information content (AvgIpc) is 2.63. The molecule has 1 fully saturated rings. The lowest BCUT2D eigenvalue weighted by molar-refractivity contribution is -0.0161. The Morgan fingerprint density at radius 3 is 2.54 bits per heavy atom. The van der Waals surface area contributed by atoms with Crippen LogP contribution < -0.4 is 10.6 Å². The predicted molar refractivity (Wildman–Crippen MR) is 127 cm³/mol. The minimum absolute atomic E-state index is 0. The number of hydrogen-bond acceptors (Lipinski definition) is 4. The third-order valence-electron chi connectivity index (χ3n) is 4.77. The van der Waals surface area contributed by atoms with Gasteiger partial charge in [-0.25, -0.2) is 0 Å². The van der Waals surface area contributed by atoms with E-state index in [1.807, 2.05) is 19.1 Å². The number of halogens is 1. The molecular formula is C21H37IN4O2. The topological polar surface area (TPSA) is 69.1 Å². The normalized spacial score (nSPS) is 19.6. The summed E-state index contributed by atoms with van der Waals surface area (Å²) in [6.07, 6.45) is -0.464. The van der Waals surface area contributed by atoms with Gasteiger partial charge >= 0.3 is 0 Å². The number of nitrogens with one attached hydrogen (secondary N) is 2. The number of morpholine rings is 1. The molecule has 1 aliphatic heterocycles. The summed E-state index contributed by atoms with van der Waals surface area (Å²) >= 11 is 0. The Bertz CT molecular complexity index is 601. The molecule has 0 spiro atoms. The summed E-state index contributed by atoms with van der Waals surface area (Å²) in [6, 6.07) is 8.16. The molecule has 0 bridgehead atoms. The second kappa shape index (κ2) is 11.9. The van der Waals surface area contributed by atoms with Crippen molar-refractivity contribution in [1.82, 2.24) is 15.5 Å². The van der Waals surface area contributed by atoms with E-state index in [9.17, 15) is 5.11 Å². The first-order chi connectivity index (χ1) is 12.8. The van der Waals surface area contributed by atoms with Crippen molar-refractivity contribution in [3.8, 4) is 0 Å². The maximum Gasteiger partial charge on any atom is 0.191 e. The minimum Gasteiger partial charge on any atom is -0.386 e. The zero-order valence-corrected chi connectivity index (χ0v) is 20.2. The van der Waals surface area contributed by atoms with Gasteiger partial charge in [0.2, 0.25) is 0 Å². The van der Waals surface area contributed by atoms with Gasteiger partial charge in [0.25, 0.3) is 0 Å². The van der Waals surface area contributed by atoms with Crippen molar-refractivity contribution >= 4 is 29.9 Å². The molecular weight excluding hydrogens is 467 g/mol. The second-order valence-corrected chi connectivity index (χ2v) is 8.24. The number of guanidine groups is 1. The smallest absolute Gasteiger partial charge is 0.191 e. The summed E-state index contributed by atoms with van der Waals surface area (Å²) in [5.74, 6) is 0.708. The predicted octanol–water partition coefficient (Wildman–Crippen LogP) is 2.52. The fourth-order valence-corrected chi connectivity index (χ4v) is 3.03. The molecule has 2 atom stereocenters. The zero-order valence-electron chi connectivity index (χ0n) is 17.9. The van der Waals surface area contributed by atoms with Crippen molar-refractivity contribution in [1.29, 1.82) is 0 Å². The van der Waals surface area contributed by atoms with Crippen LogP contribution in [0.25, 0.3) is 0 Å². The van der Waals surface area contributed by atoms with E-state index in [2.05, 4.69) is 60.5 Å². The Kier molecular flexibility index (Phi) is 10.7. The molecule has 1 aromatic rings. The van der Waals surface area contributed by atoms with Crippen molar-refractivity contribution < 1.29 is 9.84 Å².